The van der Waals surface area contributed by atoms with Gasteiger partial charge >= 0.3 is 0 Å². The molecule has 1 aliphatic carbocycles. The SMILES string of the molecule is O=CC1(c2ccccc2)CC1(Br)Br. The molecule has 1 aromatic rings. The van der Waals surface area contributed by atoms with E-state index in [2.05, 4.69) is 31.9 Å². The normalized spacial score (nSPS) is 29.7. The quantitative estimate of drug-likeness (QED) is 0.606. The standard InChI is InChI=1S/C10H8Br2O/c11-10(12)6-9(10,7-13)8-4-2-1-3-5-8/h1-5,7H,6H2. The van der Waals surface area contributed by atoms with Gasteiger partial charge in [-0.15, -0.1) is 0 Å². The van der Waals surface area contributed by atoms with Crippen LogP contribution in [-0.2, 0) is 10.2 Å². The van der Waals surface area contributed by atoms with Crippen LogP contribution in [0.25, 0.3) is 0 Å². The van der Waals surface area contributed by atoms with Crippen molar-refractivity contribution in [2.45, 2.75) is 15.1 Å². The number of carbonyl (C=O) groups is 1. The molecule has 68 valence electrons. The van der Waals surface area contributed by atoms with Gasteiger partial charge in [0.15, 0.2) is 0 Å². The highest BCUT2D eigenvalue weighted by molar-refractivity contribution is 9.25. The summed E-state index contributed by atoms with van der Waals surface area (Å²) in [6, 6.07) is 9.83. The number of carbonyl (C=O) groups excluding carboxylic acids is 1. The van der Waals surface area contributed by atoms with Gasteiger partial charge in [-0.25, -0.2) is 0 Å². The second-order valence-electron chi connectivity index (χ2n) is 3.34. The molecular formula is C10H8Br2O. The highest BCUT2D eigenvalue weighted by atomic mass is 79.9. The summed E-state index contributed by atoms with van der Waals surface area (Å²) in [6.45, 7) is 0. The number of aldehydes is 1. The second-order valence-corrected chi connectivity index (χ2v) is 7.11. The molecule has 1 fully saturated rings. The van der Waals surface area contributed by atoms with Crippen molar-refractivity contribution in [1.82, 2.24) is 0 Å². The van der Waals surface area contributed by atoms with Gasteiger partial charge in [-0.1, -0.05) is 62.2 Å². The average Bonchev–Trinajstić information content (AvgIpc) is 2.72. The van der Waals surface area contributed by atoms with Crippen molar-refractivity contribution < 1.29 is 4.79 Å². The van der Waals surface area contributed by atoms with Gasteiger partial charge < -0.3 is 4.79 Å². The molecule has 1 saturated carbocycles. The predicted molar refractivity (Wildman–Crippen MR) is 59.4 cm³/mol. The van der Waals surface area contributed by atoms with E-state index in [0.717, 1.165) is 18.3 Å². The number of rotatable bonds is 2. The molecule has 3 heteroatoms. The van der Waals surface area contributed by atoms with E-state index in [1.165, 1.54) is 0 Å². The van der Waals surface area contributed by atoms with E-state index in [9.17, 15) is 4.79 Å². The van der Waals surface area contributed by atoms with Crippen molar-refractivity contribution in [3.8, 4) is 0 Å². The number of benzene rings is 1. The lowest BCUT2D eigenvalue weighted by Gasteiger charge is -2.10. The molecule has 1 aromatic carbocycles. The summed E-state index contributed by atoms with van der Waals surface area (Å²) in [6.07, 6.45) is 1.83. The van der Waals surface area contributed by atoms with E-state index in [1.807, 2.05) is 30.3 Å². The molecule has 1 nitrogen and oxygen atoms in total. The molecule has 0 radical (unpaired) electrons. The second kappa shape index (κ2) is 2.92. The predicted octanol–water partition coefficient (Wildman–Crippen LogP) is 3.01. The number of halogens is 2. The summed E-state index contributed by atoms with van der Waals surface area (Å²) in [7, 11) is 0. The zero-order chi connectivity index (χ0) is 9.53. The largest absolute Gasteiger partial charge is 0.302 e. The molecule has 0 spiro atoms. The van der Waals surface area contributed by atoms with Crippen LogP contribution in [0.15, 0.2) is 30.3 Å². The lowest BCUT2D eigenvalue weighted by Crippen LogP contribution is -2.15. The first-order valence-electron chi connectivity index (χ1n) is 4.02. The van der Waals surface area contributed by atoms with Crippen LogP contribution in [0, 0.1) is 0 Å². The molecule has 0 heterocycles. The van der Waals surface area contributed by atoms with Gasteiger partial charge in [0.1, 0.15) is 6.29 Å². The summed E-state index contributed by atoms with van der Waals surface area (Å²) in [5.41, 5.74) is 0.701. The van der Waals surface area contributed by atoms with Crippen LogP contribution < -0.4 is 0 Å². The summed E-state index contributed by atoms with van der Waals surface area (Å²) < 4.78 is -0.226. The Balaban J connectivity index is 2.42. The third-order valence-electron chi connectivity index (χ3n) is 2.52. The van der Waals surface area contributed by atoms with Crippen molar-refractivity contribution >= 4 is 38.1 Å². The summed E-state index contributed by atoms with van der Waals surface area (Å²) in [4.78, 5) is 11.0. The van der Waals surface area contributed by atoms with Gasteiger partial charge in [-0.2, -0.15) is 0 Å². The summed E-state index contributed by atoms with van der Waals surface area (Å²) in [5, 5.41) is 0. The molecule has 0 bridgehead atoms. The summed E-state index contributed by atoms with van der Waals surface area (Å²) in [5.74, 6) is 0. The first-order chi connectivity index (χ1) is 6.12. The van der Waals surface area contributed by atoms with Crippen LogP contribution in [0.2, 0.25) is 0 Å². The number of alkyl halides is 2. The van der Waals surface area contributed by atoms with E-state index in [-0.39, 0.29) is 8.65 Å². The molecule has 2 rings (SSSR count). The molecule has 13 heavy (non-hydrogen) atoms. The fourth-order valence-corrected chi connectivity index (χ4v) is 3.08. The Morgan fingerprint density at radius 2 is 1.77 bits per heavy atom. The van der Waals surface area contributed by atoms with Crippen LogP contribution in [-0.4, -0.2) is 9.52 Å². The Hall–Kier alpha value is -0.150. The van der Waals surface area contributed by atoms with Gasteiger partial charge in [0.05, 0.1) is 8.65 Å². The van der Waals surface area contributed by atoms with E-state index < -0.39 is 0 Å². The van der Waals surface area contributed by atoms with Crippen molar-refractivity contribution in [1.29, 1.82) is 0 Å². The minimum atomic E-state index is -0.367. The van der Waals surface area contributed by atoms with E-state index in [1.54, 1.807) is 0 Å². The molecule has 0 aliphatic heterocycles. The molecular weight excluding hydrogens is 296 g/mol. The topological polar surface area (TPSA) is 17.1 Å². The van der Waals surface area contributed by atoms with Gasteiger partial charge in [0.25, 0.3) is 0 Å². The lowest BCUT2D eigenvalue weighted by molar-refractivity contribution is -0.109. The van der Waals surface area contributed by atoms with Crippen LogP contribution in [0.1, 0.15) is 12.0 Å². The summed E-state index contributed by atoms with van der Waals surface area (Å²) >= 11 is 6.98. The minimum absolute atomic E-state index is 0.226. The third kappa shape index (κ3) is 1.29. The van der Waals surface area contributed by atoms with Gasteiger partial charge in [0, 0.05) is 0 Å². The Bertz CT molecular complexity index is 334. The zero-order valence-electron chi connectivity index (χ0n) is 6.84. The average molecular weight is 304 g/mol. The van der Waals surface area contributed by atoms with Crippen molar-refractivity contribution in [3.05, 3.63) is 35.9 Å². The van der Waals surface area contributed by atoms with Crippen LogP contribution in [0.4, 0.5) is 0 Å². The molecule has 1 unspecified atom stereocenters. The maximum absolute atomic E-state index is 11.0. The first-order valence-corrected chi connectivity index (χ1v) is 5.61. The first kappa shape index (κ1) is 9.41. The molecule has 1 atom stereocenters. The monoisotopic (exact) mass is 302 g/mol. The van der Waals surface area contributed by atoms with E-state index >= 15 is 0 Å². The molecule has 1 aliphatic rings. The highest BCUT2D eigenvalue weighted by Crippen LogP contribution is 2.65. The maximum atomic E-state index is 11.0. The number of hydrogen-bond donors (Lipinski definition) is 0. The molecule has 0 aromatic heterocycles. The fraction of sp³-hybridized carbons (Fsp3) is 0.300. The molecule has 0 N–H and O–H groups in total. The van der Waals surface area contributed by atoms with Gasteiger partial charge in [-0.3, -0.25) is 0 Å². The van der Waals surface area contributed by atoms with Gasteiger partial charge in [0.2, 0.25) is 0 Å². The Morgan fingerprint density at radius 1 is 1.23 bits per heavy atom. The van der Waals surface area contributed by atoms with Crippen molar-refractivity contribution in [2.75, 3.05) is 0 Å². The smallest absolute Gasteiger partial charge is 0.132 e. The van der Waals surface area contributed by atoms with Crippen LogP contribution in [0.5, 0.6) is 0 Å². The van der Waals surface area contributed by atoms with E-state index in [4.69, 9.17) is 0 Å². The van der Waals surface area contributed by atoms with Gasteiger partial charge in [-0.05, 0) is 12.0 Å². The zero-order valence-corrected chi connectivity index (χ0v) is 10.0. The van der Waals surface area contributed by atoms with Crippen molar-refractivity contribution in [2.24, 2.45) is 0 Å². The maximum Gasteiger partial charge on any atom is 0.132 e. The van der Waals surface area contributed by atoms with E-state index in [0.29, 0.717) is 0 Å². The molecule has 0 saturated heterocycles. The third-order valence-corrected chi connectivity index (χ3v) is 4.49. The highest BCUT2D eigenvalue weighted by Gasteiger charge is 2.66. The number of hydrogen-bond acceptors (Lipinski definition) is 1. The van der Waals surface area contributed by atoms with Crippen LogP contribution >= 0.6 is 31.9 Å². The minimum Gasteiger partial charge on any atom is -0.302 e. The lowest BCUT2D eigenvalue weighted by atomic mass is 9.98. The Morgan fingerprint density at radius 3 is 2.15 bits per heavy atom. The van der Waals surface area contributed by atoms with Crippen molar-refractivity contribution in [3.63, 3.8) is 0 Å². The van der Waals surface area contributed by atoms with Crippen LogP contribution in [0.3, 0.4) is 0 Å². The fourth-order valence-electron chi connectivity index (χ4n) is 1.55. The Labute approximate surface area is 93.8 Å². The Kier molecular flexibility index (Phi) is 2.11. The molecule has 0 amide bonds.